The molecule has 1 aliphatic carbocycles. The molecule has 8 heteroatoms. The molecule has 0 amide bonds. The molecule has 0 fully saturated rings. The van der Waals surface area contributed by atoms with Crippen LogP contribution in [0.3, 0.4) is 0 Å². The quantitative estimate of drug-likeness (QED) is 0.613. The van der Waals surface area contributed by atoms with Gasteiger partial charge >= 0.3 is 0 Å². The lowest BCUT2D eigenvalue weighted by atomic mass is 9.68. The number of Topliss-reactive ketones (excluding diaryl/α,β-unsaturated/α-hetero) is 1. The Morgan fingerprint density at radius 2 is 2.00 bits per heavy atom. The fourth-order valence-electron chi connectivity index (χ4n) is 4.49. The third-order valence-corrected chi connectivity index (χ3v) is 7.80. The number of rotatable bonds is 4. The minimum atomic E-state index is -0.464. The Morgan fingerprint density at radius 3 is 2.66 bits per heavy atom. The minimum Gasteiger partial charge on any atom is -0.384 e. The number of benzene rings is 1. The van der Waals surface area contributed by atoms with Crippen LogP contribution in [-0.2, 0) is 4.79 Å². The molecule has 0 saturated heterocycles. The van der Waals surface area contributed by atoms with Crippen molar-refractivity contribution in [3.8, 4) is 6.07 Å². The van der Waals surface area contributed by atoms with Crippen LogP contribution in [0.2, 0.25) is 0 Å². The zero-order valence-electron chi connectivity index (χ0n) is 19.0. The Hall–Kier alpha value is -2.63. The zero-order chi connectivity index (χ0) is 23.2. The van der Waals surface area contributed by atoms with Crippen LogP contribution < -0.4 is 10.6 Å². The van der Waals surface area contributed by atoms with E-state index in [0.717, 1.165) is 21.2 Å². The number of ketones is 1. The van der Waals surface area contributed by atoms with Gasteiger partial charge < -0.3 is 5.73 Å². The molecule has 0 radical (unpaired) electrons. The van der Waals surface area contributed by atoms with Crippen molar-refractivity contribution in [2.45, 2.75) is 63.0 Å². The second kappa shape index (κ2) is 8.38. The first-order valence-electron chi connectivity index (χ1n) is 10.6. The van der Waals surface area contributed by atoms with Crippen molar-refractivity contribution in [3.05, 3.63) is 58.1 Å². The van der Waals surface area contributed by atoms with Crippen LogP contribution in [0.4, 0.5) is 5.13 Å². The number of aryl methyl sites for hydroxylation is 1. The summed E-state index contributed by atoms with van der Waals surface area (Å²) in [5, 5.41) is 19.9. The lowest BCUT2D eigenvalue weighted by molar-refractivity contribution is -0.118. The van der Waals surface area contributed by atoms with Crippen molar-refractivity contribution in [2.75, 3.05) is 4.90 Å². The predicted octanol–water partition coefficient (Wildman–Crippen LogP) is 5.29. The van der Waals surface area contributed by atoms with Gasteiger partial charge in [0.25, 0.3) is 0 Å². The van der Waals surface area contributed by atoms with Gasteiger partial charge in [0.05, 0.1) is 17.6 Å². The van der Waals surface area contributed by atoms with Gasteiger partial charge in [0.1, 0.15) is 5.82 Å². The Labute approximate surface area is 197 Å². The van der Waals surface area contributed by atoms with E-state index in [-0.39, 0.29) is 11.2 Å². The van der Waals surface area contributed by atoms with E-state index < -0.39 is 5.92 Å². The fourth-order valence-corrected chi connectivity index (χ4v) is 6.60. The first-order chi connectivity index (χ1) is 15.1. The highest BCUT2D eigenvalue weighted by Crippen LogP contribution is 2.51. The maximum atomic E-state index is 13.5. The number of carbonyl (C=O) groups excluding carboxylic acids is 1. The first kappa shape index (κ1) is 22.6. The van der Waals surface area contributed by atoms with E-state index in [1.807, 2.05) is 36.1 Å². The maximum absolute atomic E-state index is 13.5. The number of thioether (sulfide) groups is 1. The summed E-state index contributed by atoms with van der Waals surface area (Å²) in [5.74, 6) is -0.0632. The first-order valence-corrected chi connectivity index (χ1v) is 12.3. The number of hydrogen-bond donors (Lipinski definition) is 1. The van der Waals surface area contributed by atoms with Gasteiger partial charge in [0.2, 0.25) is 5.13 Å². The number of nitrogens with two attached hydrogens (primary N) is 1. The third kappa shape index (κ3) is 3.96. The molecule has 2 N–H and O–H groups in total. The Bertz CT molecular complexity index is 1180. The molecular formula is C24H27N5OS2. The van der Waals surface area contributed by atoms with E-state index in [9.17, 15) is 10.1 Å². The normalized spacial score (nSPS) is 20.6. The minimum absolute atomic E-state index is 0.0658. The van der Waals surface area contributed by atoms with Crippen LogP contribution in [-0.4, -0.2) is 21.2 Å². The van der Waals surface area contributed by atoms with E-state index in [0.29, 0.717) is 40.2 Å². The van der Waals surface area contributed by atoms with Crippen LogP contribution in [0.1, 0.15) is 57.6 Å². The van der Waals surface area contributed by atoms with Crippen LogP contribution >= 0.6 is 23.1 Å². The molecule has 4 rings (SSSR count). The molecule has 1 aliphatic heterocycles. The number of nitriles is 1. The molecule has 2 heterocycles. The van der Waals surface area contributed by atoms with Crippen molar-refractivity contribution in [2.24, 2.45) is 11.1 Å². The fraction of sp³-hybridized carbons (Fsp3) is 0.417. The third-order valence-electron chi connectivity index (χ3n) is 5.80. The highest BCUT2D eigenvalue weighted by Gasteiger charge is 2.45. The Morgan fingerprint density at radius 1 is 1.28 bits per heavy atom. The van der Waals surface area contributed by atoms with Crippen LogP contribution in [0, 0.1) is 23.7 Å². The highest BCUT2D eigenvalue weighted by atomic mass is 32.2. The van der Waals surface area contributed by atoms with Crippen molar-refractivity contribution < 1.29 is 4.79 Å². The maximum Gasteiger partial charge on any atom is 0.219 e. The van der Waals surface area contributed by atoms with Crippen LogP contribution in [0.15, 0.2) is 51.3 Å². The smallest absolute Gasteiger partial charge is 0.219 e. The van der Waals surface area contributed by atoms with Crippen molar-refractivity contribution in [1.29, 1.82) is 5.26 Å². The number of hydrogen-bond acceptors (Lipinski definition) is 8. The van der Waals surface area contributed by atoms with Gasteiger partial charge in [-0.05, 0) is 29.9 Å². The van der Waals surface area contributed by atoms with Gasteiger partial charge in [-0.1, -0.05) is 75.1 Å². The molecular weight excluding hydrogens is 438 g/mol. The topological polar surface area (TPSA) is 95.9 Å². The summed E-state index contributed by atoms with van der Waals surface area (Å²) in [6.07, 6.45) is 1.10. The van der Waals surface area contributed by atoms with Gasteiger partial charge in [-0.2, -0.15) is 5.26 Å². The van der Waals surface area contributed by atoms with Gasteiger partial charge in [0, 0.05) is 22.9 Å². The van der Waals surface area contributed by atoms with Gasteiger partial charge in [-0.25, -0.2) is 0 Å². The van der Waals surface area contributed by atoms with Crippen molar-refractivity contribution in [1.82, 2.24) is 10.2 Å². The SMILES string of the molecule is Cc1ccccc1C1C(C#N)=C(N)N(c2nnc(SC(C)C)s2)C2=C1C(=O)CC(C)(C)C2. The van der Waals surface area contributed by atoms with Gasteiger partial charge in [0.15, 0.2) is 10.1 Å². The summed E-state index contributed by atoms with van der Waals surface area (Å²) in [7, 11) is 0. The highest BCUT2D eigenvalue weighted by molar-refractivity contribution is 8.01. The summed E-state index contributed by atoms with van der Waals surface area (Å²) in [6.45, 7) is 10.4. The van der Waals surface area contributed by atoms with Crippen molar-refractivity contribution >= 4 is 34.0 Å². The second-order valence-corrected chi connectivity index (χ2v) is 12.1. The van der Waals surface area contributed by atoms with Crippen LogP contribution in [0.25, 0.3) is 0 Å². The van der Waals surface area contributed by atoms with E-state index >= 15 is 0 Å². The Kier molecular flexibility index (Phi) is 5.91. The predicted molar refractivity (Wildman–Crippen MR) is 129 cm³/mol. The largest absolute Gasteiger partial charge is 0.384 e. The molecule has 1 unspecified atom stereocenters. The molecule has 1 aromatic heterocycles. The van der Waals surface area contributed by atoms with Crippen LogP contribution in [0.5, 0.6) is 0 Å². The molecule has 166 valence electrons. The Balaban J connectivity index is 1.95. The van der Waals surface area contributed by atoms with E-state index in [1.165, 1.54) is 11.3 Å². The lowest BCUT2D eigenvalue weighted by Crippen LogP contribution is -2.42. The van der Waals surface area contributed by atoms with Gasteiger partial charge in [-0.3, -0.25) is 9.69 Å². The van der Waals surface area contributed by atoms with Crippen molar-refractivity contribution in [3.63, 3.8) is 0 Å². The number of nitrogens with zero attached hydrogens (tertiary/aromatic N) is 4. The average Bonchev–Trinajstić information content (AvgIpc) is 3.13. The molecule has 0 spiro atoms. The monoisotopic (exact) mass is 465 g/mol. The summed E-state index contributed by atoms with van der Waals surface area (Å²) in [4.78, 5) is 15.3. The van der Waals surface area contributed by atoms with Gasteiger partial charge in [-0.15, -0.1) is 10.2 Å². The zero-order valence-corrected chi connectivity index (χ0v) is 20.6. The summed E-state index contributed by atoms with van der Waals surface area (Å²) >= 11 is 3.07. The molecule has 2 aromatic rings. The van der Waals surface area contributed by atoms with E-state index in [2.05, 4.69) is 44.0 Å². The average molecular weight is 466 g/mol. The number of anilines is 1. The number of carbonyl (C=O) groups is 1. The molecule has 0 saturated carbocycles. The molecule has 6 nitrogen and oxygen atoms in total. The molecule has 1 aromatic carbocycles. The molecule has 2 aliphatic rings. The number of allylic oxidation sites excluding steroid dienone is 3. The standard InChI is InChI=1S/C24H27N5OS2/c1-13(2)31-23-28-27-22(32-23)29-17-10-24(4,5)11-18(30)20(17)19(16(12-25)21(29)26)15-9-7-6-8-14(15)3/h6-9,13,19H,10-11,26H2,1-5H3. The molecule has 1 atom stereocenters. The summed E-state index contributed by atoms with van der Waals surface area (Å²) < 4.78 is 0.839. The summed E-state index contributed by atoms with van der Waals surface area (Å²) in [6, 6.07) is 10.2. The second-order valence-electron chi connectivity index (χ2n) is 9.35. The lowest BCUT2D eigenvalue weighted by Gasteiger charge is -2.42. The van der Waals surface area contributed by atoms with E-state index in [4.69, 9.17) is 5.73 Å². The summed E-state index contributed by atoms with van der Waals surface area (Å²) in [5.41, 5.74) is 10.3. The van der Waals surface area contributed by atoms with E-state index in [1.54, 1.807) is 11.8 Å². The number of aromatic nitrogens is 2. The molecule has 32 heavy (non-hydrogen) atoms. The molecule has 0 bridgehead atoms.